The van der Waals surface area contributed by atoms with E-state index in [0.29, 0.717) is 23.6 Å². The molecular formula is C17H24FN3O2. The van der Waals surface area contributed by atoms with E-state index in [9.17, 15) is 14.0 Å². The molecule has 1 aliphatic carbocycles. The number of nitrogens with one attached hydrogen (secondary N) is 3. The summed E-state index contributed by atoms with van der Waals surface area (Å²) in [5.74, 6) is 0.198. The summed E-state index contributed by atoms with van der Waals surface area (Å²) in [6, 6.07) is 2.74. The number of carbonyl (C=O) groups excluding carboxylic acids is 2. The van der Waals surface area contributed by atoms with Gasteiger partial charge in [0, 0.05) is 6.54 Å². The molecule has 1 aliphatic rings. The monoisotopic (exact) mass is 321 g/mol. The van der Waals surface area contributed by atoms with Crippen LogP contribution in [0.3, 0.4) is 0 Å². The largest absolute Gasteiger partial charge is 0.354 e. The zero-order valence-corrected chi connectivity index (χ0v) is 13.8. The first-order chi connectivity index (χ1) is 10.9. The second-order valence-corrected chi connectivity index (χ2v) is 6.26. The van der Waals surface area contributed by atoms with E-state index >= 15 is 0 Å². The lowest BCUT2D eigenvalue weighted by Gasteiger charge is -2.17. The van der Waals surface area contributed by atoms with E-state index in [2.05, 4.69) is 16.0 Å². The molecule has 1 aromatic carbocycles. The van der Waals surface area contributed by atoms with E-state index < -0.39 is 6.03 Å². The van der Waals surface area contributed by atoms with Gasteiger partial charge in [-0.25, -0.2) is 9.18 Å². The lowest BCUT2D eigenvalue weighted by atomic mass is 10.0. The minimum absolute atomic E-state index is 0.0489. The molecule has 23 heavy (non-hydrogen) atoms. The van der Waals surface area contributed by atoms with Crippen molar-refractivity contribution in [2.75, 3.05) is 13.1 Å². The topological polar surface area (TPSA) is 70.2 Å². The predicted octanol–water partition coefficient (Wildman–Crippen LogP) is 2.33. The summed E-state index contributed by atoms with van der Waals surface area (Å²) < 4.78 is 13.6. The molecule has 0 aromatic heterocycles. The lowest BCUT2D eigenvalue weighted by Crippen LogP contribution is -2.43. The first kappa shape index (κ1) is 17.2. The Morgan fingerprint density at radius 3 is 2.39 bits per heavy atom. The van der Waals surface area contributed by atoms with Gasteiger partial charge < -0.3 is 16.0 Å². The molecule has 126 valence electrons. The maximum Gasteiger partial charge on any atom is 0.315 e. The summed E-state index contributed by atoms with van der Waals surface area (Å²) in [5.41, 5.74) is 1.93. The maximum atomic E-state index is 13.6. The molecule has 1 fully saturated rings. The SMILES string of the molecule is Cc1cc([C@H](C)NC(=O)NCC(=O)NCC2CC2)cc(C)c1F. The normalized spacial score (nSPS) is 15.0. The first-order valence-electron chi connectivity index (χ1n) is 7.94. The van der Waals surface area contributed by atoms with Crippen LogP contribution in [0.5, 0.6) is 0 Å². The molecular weight excluding hydrogens is 297 g/mol. The van der Waals surface area contributed by atoms with Crippen LogP contribution in [0, 0.1) is 25.6 Å². The third-order valence-electron chi connectivity index (χ3n) is 4.00. The van der Waals surface area contributed by atoms with Crippen LogP contribution in [-0.4, -0.2) is 25.0 Å². The van der Waals surface area contributed by atoms with Gasteiger partial charge in [0.05, 0.1) is 12.6 Å². The van der Waals surface area contributed by atoms with Crippen LogP contribution in [0.2, 0.25) is 0 Å². The summed E-state index contributed by atoms with van der Waals surface area (Å²) in [7, 11) is 0. The zero-order valence-electron chi connectivity index (χ0n) is 13.8. The Morgan fingerprint density at radius 2 is 1.83 bits per heavy atom. The van der Waals surface area contributed by atoms with Crippen molar-refractivity contribution >= 4 is 11.9 Å². The van der Waals surface area contributed by atoms with E-state index in [1.165, 1.54) is 12.8 Å². The molecule has 1 saturated carbocycles. The standard InChI is InChI=1S/C17H24FN3O2/c1-10-6-14(7-11(2)16(10)18)12(3)21-17(23)20-9-15(22)19-8-13-4-5-13/h6-7,12-13H,4-5,8-9H2,1-3H3,(H,19,22)(H2,20,21,23)/t12-/m0/s1. The second-order valence-electron chi connectivity index (χ2n) is 6.26. The van der Waals surface area contributed by atoms with E-state index in [1.54, 1.807) is 26.0 Å². The van der Waals surface area contributed by atoms with Crippen LogP contribution < -0.4 is 16.0 Å². The van der Waals surface area contributed by atoms with Crippen LogP contribution in [-0.2, 0) is 4.79 Å². The molecule has 0 spiro atoms. The van der Waals surface area contributed by atoms with Gasteiger partial charge in [0.1, 0.15) is 5.82 Å². The van der Waals surface area contributed by atoms with Gasteiger partial charge in [-0.1, -0.05) is 12.1 Å². The fraction of sp³-hybridized carbons (Fsp3) is 0.529. The Balaban J connectivity index is 1.78. The molecule has 0 heterocycles. The van der Waals surface area contributed by atoms with Gasteiger partial charge in [-0.15, -0.1) is 0 Å². The summed E-state index contributed by atoms with van der Waals surface area (Å²) in [6.07, 6.45) is 2.34. The minimum Gasteiger partial charge on any atom is -0.354 e. The number of hydrogen-bond donors (Lipinski definition) is 3. The Kier molecular flexibility index (Phi) is 5.58. The third-order valence-corrected chi connectivity index (χ3v) is 4.00. The highest BCUT2D eigenvalue weighted by atomic mass is 19.1. The fourth-order valence-electron chi connectivity index (χ4n) is 2.36. The van der Waals surface area contributed by atoms with Crippen LogP contribution >= 0.6 is 0 Å². The number of benzene rings is 1. The molecule has 6 heteroatoms. The van der Waals surface area contributed by atoms with Crippen molar-refractivity contribution in [1.29, 1.82) is 0 Å². The third kappa shape index (κ3) is 5.23. The van der Waals surface area contributed by atoms with Crippen LogP contribution in [0.15, 0.2) is 12.1 Å². The predicted molar refractivity (Wildman–Crippen MR) is 86.6 cm³/mol. The highest BCUT2D eigenvalue weighted by molar-refractivity contribution is 5.84. The molecule has 0 unspecified atom stereocenters. The average Bonchev–Trinajstić information content (AvgIpc) is 3.32. The summed E-state index contributed by atoms with van der Waals surface area (Å²) >= 11 is 0. The number of carbonyl (C=O) groups is 2. The van der Waals surface area contributed by atoms with Gasteiger partial charge in [-0.05, 0) is 56.2 Å². The van der Waals surface area contributed by atoms with Gasteiger partial charge in [0.25, 0.3) is 0 Å². The molecule has 0 radical (unpaired) electrons. The molecule has 2 rings (SSSR count). The molecule has 3 amide bonds. The number of rotatable bonds is 6. The van der Waals surface area contributed by atoms with Gasteiger partial charge in [0.15, 0.2) is 0 Å². The Morgan fingerprint density at radius 1 is 1.22 bits per heavy atom. The van der Waals surface area contributed by atoms with Gasteiger partial charge in [-0.3, -0.25) is 4.79 Å². The molecule has 3 N–H and O–H groups in total. The zero-order chi connectivity index (χ0) is 17.0. The first-order valence-corrected chi connectivity index (χ1v) is 7.94. The van der Waals surface area contributed by atoms with Crippen molar-refractivity contribution in [3.05, 3.63) is 34.6 Å². The maximum absolute atomic E-state index is 13.6. The number of hydrogen-bond acceptors (Lipinski definition) is 2. The smallest absolute Gasteiger partial charge is 0.315 e. The summed E-state index contributed by atoms with van der Waals surface area (Å²) in [6.45, 7) is 5.85. The molecule has 1 aromatic rings. The van der Waals surface area contributed by atoms with Crippen molar-refractivity contribution in [3.63, 3.8) is 0 Å². The van der Waals surface area contributed by atoms with E-state index in [0.717, 1.165) is 5.56 Å². The van der Waals surface area contributed by atoms with Crippen molar-refractivity contribution in [1.82, 2.24) is 16.0 Å². The minimum atomic E-state index is -0.418. The van der Waals surface area contributed by atoms with Gasteiger partial charge in [0.2, 0.25) is 5.91 Å². The Hall–Kier alpha value is -2.11. The fourth-order valence-corrected chi connectivity index (χ4v) is 2.36. The van der Waals surface area contributed by atoms with Crippen LogP contribution in [0.25, 0.3) is 0 Å². The van der Waals surface area contributed by atoms with Crippen molar-refractivity contribution < 1.29 is 14.0 Å². The molecule has 0 saturated heterocycles. The average molecular weight is 321 g/mol. The molecule has 0 bridgehead atoms. The Labute approximate surface area is 136 Å². The molecule has 1 atom stereocenters. The number of urea groups is 1. The number of halogens is 1. The molecule has 0 aliphatic heterocycles. The summed E-state index contributed by atoms with van der Waals surface area (Å²) in [5, 5.41) is 8.06. The van der Waals surface area contributed by atoms with E-state index in [-0.39, 0.29) is 24.3 Å². The van der Waals surface area contributed by atoms with Crippen LogP contribution in [0.4, 0.5) is 9.18 Å². The van der Waals surface area contributed by atoms with Crippen molar-refractivity contribution in [2.24, 2.45) is 5.92 Å². The Bertz CT molecular complexity index is 576. The number of aryl methyl sites for hydroxylation is 2. The molecule has 5 nitrogen and oxygen atoms in total. The number of amides is 3. The lowest BCUT2D eigenvalue weighted by molar-refractivity contribution is -0.120. The van der Waals surface area contributed by atoms with Crippen molar-refractivity contribution in [2.45, 2.75) is 39.7 Å². The van der Waals surface area contributed by atoms with Crippen molar-refractivity contribution in [3.8, 4) is 0 Å². The van der Waals surface area contributed by atoms with Gasteiger partial charge >= 0.3 is 6.03 Å². The highest BCUT2D eigenvalue weighted by Crippen LogP contribution is 2.27. The van der Waals surface area contributed by atoms with E-state index in [1.807, 2.05) is 6.92 Å². The van der Waals surface area contributed by atoms with Crippen LogP contribution in [0.1, 0.15) is 42.5 Å². The van der Waals surface area contributed by atoms with Gasteiger partial charge in [-0.2, -0.15) is 0 Å². The van der Waals surface area contributed by atoms with E-state index in [4.69, 9.17) is 0 Å². The quantitative estimate of drug-likeness (QED) is 0.752. The second kappa shape index (κ2) is 7.44. The highest BCUT2D eigenvalue weighted by Gasteiger charge is 2.21. The summed E-state index contributed by atoms with van der Waals surface area (Å²) in [4.78, 5) is 23.4.